The maximum absolute atomic E-state index is 14.2. The molecule has 1 aliphatic rings. The highest BCUT2D eigenvalue weighted by Crippen LogP contribution is 2.45. The average Bonchev–Trinajstić information content (AvgIpc) is 3.31. The summed E-state index contributed by atoms with van der Waals surface area (Å²) in [6, 6.07) is 31.3. The Balaban J connectivity index is 1.48. The van der Waals surface area contributed by atoms with E-state index in [1.165, 1.54) is 21.8 Å². The Morgan fingerprint density at radius 3 is 2.05 bits per heavy atom. The van der Waals surface area contributed by atoms with E-state index in [1.54, 1.807) is 0 Å². The number of carbonyl (C=O) groups excluding carboxylic acids is 1. The van der Waals surface area contributed by atoms with E-state index < -0.39 is 0 Å². The molecule has 0 saturated heterocycles. The van der Waals surface area contributed by atoms with Crippen molar-refractivity contribution >= 4 is 33.4 Å². The van der Waals surface area contributed by atoms with Crippen LogP contribution in [0, 0.1) is 0 Å². The van der Waals surface area contributed by atoms with Gasteiger partial charge in [0.1, 0.15) is 0 Å². The highest BCUT2D eigenvalue weighted by atomic mass is 16.5. The highest BCUT2D eigenvalue weighted by Gasteiger charge is 2.37. The first kappa shape index (κ1) is 25.1. The average molecular weight is 519 g/mol. The minimum atomic E-state index is -0.0148. The molecule has 198 valence electrons. The van der Waals surface area contributed by atoms with E-state index in [1.807, 2.05) is 43.0 Å². The van der Waals surface area contributed by atoms with Gasteiger partial charge < -0.3 is 18.9 Å². The van der Waals surface area contributed by atoms with Gasteiger partial charge in [0, 0.05) is 39.1 Å². The molecule has 1 amide bonds. The van der Waals surface area contributed by atoms with Crippen molar-refractivity contribution in [3.05, 3.63) is 102 Å². The molecule has 0 radical (unpaired) electrons. The van der Waals surface area contributed by atoms with Gasteiger partial charge in [-0.2, -0.15) is 0 Å². The number of nitrogens with zero attached hydrogens (tertiary/aromatic N) is 2. The van der Waals surface area contributed by atoms with Crippen LogP contribution in [-0.2, 0) is 0 Å². The van der Waals surface area contributed by atoms with E-state index >= 15 is 0 Å². The number of fused-ring (bicyclic) bond motifs is 4. The maximum Gasteiger partial charge on any atom is 0.258 e. The third-order valence-electron chi connectivity index (χ3n) is 7.83. The van der Waals surface area contributed by atoms with Crippen LogP contribution in [0.1, 0.15) is 55.6 Å². The summed E-state index contributed by atoms with van der Waals surface area (Å²) in [5.41, 5.74) is 5.19. The van der Waals surface area contributed by atoms with E-state index in [9.17, 15) is 4.79 Å². The van der Waals surface area contributed by atoms with Gasteiger partial charge in [-0.3, -0.25) is 4.79 Å². The van der Waals surface area contributed by atoms with Gasteiger partial charge in [-0.05, 0) is 68.7 Å². The second kappa shape index (κ2) is 10.5. The molecular weight excluding hydrogens is 484 g/mol. The monoisotopic (exact) mass is 518 g/mol. The Hall–Kier alpha value is -4.25. The molecule has 5 aromatic rings. The molecule has 0 saturated carbocycles. The van der Waals surface area contributed by atoms with Crippen molar-refractivity contribution in [2.45, 2.75) is 45.7 Å². The third kappa shape index (κ3) is 4.22. The van der Waals surface area contributed by atoms with Crippen molar-refractivity contribution in [3.63, 3.8) is 0 Å². The molecule has 6 rings (SSSR count). The fourth-order valence-corrected chi connectivity index (χ4v) is 6.16. The Morgan fingerprint density at radius 2 is 1.38 bits per heavy atom. The largest absolute Gasteiger partial charge is 0.490 e. The van der Waals surface area contributed by atoms with Crippen molar-refractivity contribution < 1.29 is 14.3 Å². The number of hydrogen-bond acceptors (Lipinski definition) is 3. The number of amides is 1. The molecule has 0 spiro atoms. The van der Waals surface area contributed by atoms with Crippen molar-refractivity contribution in [1.29, 1.82) is 0 Å². The molecule has 5 nitrogen and oxygen atoms in total. The number of aromatic nitrogens is 1. The highest BCUT2D eigenvalue weighted by molar-refractivity contribution is 6.09. The second-order valence-corrected chi connectivity index (χ2v) is 9.98. The molecule has 0 fully saturated rings. The summed E-state index contributed by atoms with van der Waals surface area (Å²) >= 11 is 0. The number of rotatable bonds is 7. The number of benzene rings is 4. The molecule has 39 heavy (non-hydrogen) atoms. The summed E-state index contributed by atoms with van der Waals surface area (Å²) in [7, 11) is 0. The maximum atomic E-state index is 14.2. The number of ether oxygens (including phenoxy) is 2. The predicted molar refractivity (Wildman–Crippen MR) is 158 cm³/mol. The van der Waals surface area contributed by atoms with Crippen LogP contribution >= 0.6 is 0 Å². The topological polar surface area (TPSA) is 43.7 Å². The molecular formula is C34H34N2O3. The molecule has 1 aromatic heterocycles. The van der Waals surface area contributed by atoms with Crippen LogP contribution in [0.25, 0.3) is 21.8 Å². The summed E-state index contributed by atoms with van der Waals surface area (Å²) in [5, 5.41) is 2.52. The van der Waals surface area contributed by atoms with Gasteiger partial charge in [0.05, 0.1) is 19.3 Å². The van der Waals surface area contributed by atoms with Gasteiger partial charge >= 0.3 is 0 Å². The van der Waals surface area contributed by atoms with Crippen molar-refractivity contribution in [3.8, 4) is 11.5 Å². The summed E-state index contributed by atoms with van der Waals surface area (Å²) < 4.78 is 14.1. The van der Waals surface area contributed by atoms with Crippen LogP contribution in [0.5, 0.6) is 11.5 Å². The van der Waals surface area contributed by atoms with E-state index in [0.717, 1.165) is 24.1 Å². The van der Waals surface area contributed by atoms with Crippen LogP contribution < -0.4 is 14.4 Å². The fourth-order valence-electron chi connectivity index (χ4n) is 6.16. The van der Waals surface area contributed by atoms with Crippen LogP contribution in [0.2, 0.25) is 0 Å². The number of hydrogen-bond donors (Lipinski definition) is 0. The summed E-state index contributed by atoms with van der Waals surface area (Å²) in [6.45, 7) is 7.09. The first-order valence-electron chi connectivity index (χ1n) is 14.0. The standard InChI is InChI=1S/C34H34N2O3/c1-4-24-22-31(36-28-16-10-7-13-25(28)26-14-8-11-17-29(26)36)27-15-9-12-18-30(27)35(24)34(37)23-19-20-32(38-5-2)33(21-23)39-6-3/h7-21,24,31H,4-6,22H2,1-3H3. The van der Waals surface area contributed by atoms with Crippen molar-refractivity contribution in [2.24, 2.45) is 0 Å². The Kier molecular flexibility index (Phi) is 6.74. The Labute approximate surface area is 229 Å². The van der Waals surface area contributed by atoms with E-state index in [2.05, 4.69) is 78.2 Å². The number of anilines is 1. The molecule has 1 aliphatic heterocycles. The van der Waals surface area contributed by atoms with Gasteiger partial charge in [-0.15, -0.1) is 0 Å². The lowest BCUT2D eigenvalue weighted by atomic mass is 9.88. The van der Waals surface area contributed by atoms with Crippen molar-refractivity contribution in [2.75, 3.05) is 18.1 Å². The minimum absolute atomic E-state index is 0.0148. The zero-order valence-electron chi connectivity index (χ0n) is 22.8. The second-order valence-electron chi connectivity index (χ2n) is 9.98. The normalized spacial score (nSPS) is 16.8. The minimum Gasteiger partial charge on any atom is -0.490 e. The molecule has 5 heteroatoms. The van der Waals surface area contributed by atoms with Crippen molar-refractivity contribution in [1.82, 2.24) is 4.57 Å². The van der Waals surface area contributed by atoms with Gasteiger partial charge in [0.2, 0.25) is 0 Å². The van der Waals surface area contributed by atoms with E-state index in [4.69, 9.17) is 9.47 Å². The first-order chi connectivity index (χ1) is 19.2. The predicted octanol–water partition coefficient (Wildman–Crippen LogP) is 8.01. The molecule has 4 aromatic carbocycles. The number of para-hydroxylation sites is 3. The van der Waals surface area contributed by atoms with Gasteiger partial charge in [-0.25, -0.2) is 0 Å². The van der Waals surface area contributed by atoms with E-state index in [-0.39, 0.29) is 18.0 Å². The molecule has 2 unspecified atom stereocenters. The fraction of sp³-hybridized carbons (Fsp3) is 0.265. The lowest BCUT2D eigenvalue weighted by Gasteiger charge is -2.41. The Morgan fingerprint density at radius 1 is 0.769 bits per heavy atom. The third-order valence-corrected chi connectivity index (χ3v) is 7.83. The van der Waals surface area contributed by atoms with Crippen LogP contribution in [0.3, 0.4) is 0 Å². The Bertz CT molecular complexity index is 1600. The zero-order valence-corrected chi connectivity index (χ0v) is 22.8. The smallest absolute Gasteiger partial charge is 0.258 e. The molecule has 0 N–H and O–H groups in total. The summed E-state index contributed by atoms with van der Waals surface area (Å²) in [4.78, 5) is 16.2. The lowest BCUT2D eigenvalue weighted by molar-refractivity contribution is 0.0969. The van der Waals surface area contributed by atoms with Crippen LogP contribution in [0.4, 0.5) is 5.69 Å². The van der Waals surface area contributed by atoms with Crippen LogP contribution in [0.15, 0.2) is 91.0 Å². The quantitative estimate of drug-likeness (QED) is 0.219. The number of carbonyl (C=O) groups is 1. The van der Waals surface area contributed by atoms with Crippen LogP contribution in [-0.4, -0.2) is 29.7 Å². The zero-order chi connectivity index (χ0) is 26.9. The summed E-state index contributed by atoms with van der Waals surface area (Å²) in [5.74, 6) is 1.25. The molecule has 0 bridgehead atoms. The SMILES string of the molecule is CCOc1ccc(C(=O)N2c3ccccc3C(n3c4ccccc4c4ccccc43)CC2CC)cc1OCC. The van der Waals surface area contributed by atoms with E-state index in [0.29, 0.717) is 30.3 Å². The van der Waals surface area contributed by atoms with Gasteiger partial charge in [-0.1, -0.05) is 61.5 Å². The first-order valence-corrected chi connectivity index (χ1v) is 14.0. The molecule has 0 aliphatic carbocycles. The summed E-state index contributed by atoms with van der Waals surface area (Å²) in [6.07, 6.45) is 1.68. The lowest BCUT2D eigenvalue weighted by Crippen LogP contribution is -2.45. The molecule has 2 heterocycles. The van der Waals surface area contributed by atoms with Gasteiger partial charge in [0.25, 0.3) is 5.91 Å². The van der Waals surface area contributed by atoms with Gasteiger partial charge in [0.15, 0.2) is 11.5 Å². The molecule has 2 atom stereocenters.